The fraction of sp³-hybridized carbons (Fsp3) is 0.250. The van der Waals surface area contributed by atoms with E-state index in [4.69, 9.17) is 4.42 Å². The number of carbonyl (C=O) groups is 1. The number of thiophene rings is 1. The van der Waals surface area contributed by atoms with E-state index in [9.17, 15) is 14.9 Å². The molecule has 1 atom stereocenters. The Bertz CT molecular complexity index is 995. The van der Waals surface area contributed by atoms with Crippen LogP contribution >= 0.6 is 11.3 Å². The van der Waals surface area contributed by atoms with Gasteiger partial charge in [-0.1, -0.05) is 0 Å². The fourth-order valence-electron chi connectivity index (χ4n) is 2.34. The van der Waals surface area contributed by atoms with Gasteiger partial charge in [-0.05, 0) is 31.5 Å². The number of nitrogens with one attached hydrogen (secondary N) is 2. The lowest BCUT2D eigenvalue weighted by Crippen LogP contribution is -2.30. The zero-order chi connectivity index (χ0) is 17.3. The lowest BCUT2D eigenvalue weighted by Gasteiger charge is -2.09. The maximum Gasteiger partial charge on any atom is 0.259 e. The van der Waals surface area contributed by atoms with Crippen molar-refractivity contribution in [2.45, 2.75) is 26.3 Å². The molecule has 0 saturated heterocycles. The van der Waals surface area contributed by atoms with Crippen molar-refractivity contribution >= 4 is 27.5 Å². The van der Waals surface area contributed by atoms with Gasteiger partial charge in [0.1, 0.15) is 16.4 Å². The first-order chi connectivity index (χ1) is 11.5. The molecule has 8 heteroatoms. The summed E-state index contributed by atoms with van der Waals surface area (Å²) in [6.45, 7) is 3.91. The van der Waals surface area contributed by atoms with Gasteiger partial charge in [-0.2, -0.15) is 5.26 Å². The van der Waals surface area contributed by atoms with Crippen LogP contribution in [-0.4, -0.2) is 15.9 Å². The summed E-state index contributed by atoms with van der Waals surface area (Å²) in [6.07, 6.45) is 1.50. The Morgan fingerprint density at radius 3 is 3.00 bits per heavy atom. The Labute approximate surface area is 140 Å². The average Bonchev–Trinajstić information content (AvgIpc) is 3.15. The van der Waals surface area contributed by atoms with Crippen LogP contribution in [0.2, 0.25) is 0 Å². The summed E-state index contributed by atoms with van der Waals surface area (Å²) in [5.74, 6) is -1.11. The van der Waals surface area contributed by atoms with Gasteiger partial charge in [0, 0.05) is 4.88 Å². The van der Waals surface area contributed by atoms with Crippen LogP contribution in [0.25, 0.3) is 10.2 Å². The molecule has 24 heavy (non-hydrogen) atoms. The van der Waals surface area contributed by atoms with Crippen molar-refractivity contribution in [3.05, 3.63) is 50.8 Å². The summed E-state index contributed by atoms with van der Waals surface area (Å²) < 4.78 is 5.13. The molecule has 7 nitrogen and oxygen atoms in total. The van der Waals surface area contributed by atoms with Crippen LogP contribution in [0.1, 0.15) is 27.9 Å². The second kappa shape index (κ2) is 6.29. The van der Waals surface area contributed by atoms with Gasteiger partial charge in [-0.3, -0.25) is 9.59 Å². The molecule has 0 aromatic carbocycles. The Morgan fingerprint density at radius 2 is 2.33 bits per heavy atom. The highest BCUT2D eigenvalue weighted by molar-refractivity contribution is 7.18. The summed E-state index contributed by atoms with van der Waals surface area (Å²) in [4.78, 5) is 32.9. The topological polar surface area (TPSA) is 112 Å². The minimum Gasteiger partial charge on any atom is -0.467 e. The molecule has 0 fully saturated rings. The molecule has 3 aromatic heterocycles. The van der Waals surface area contributed by atoms with E-state index in [0.29, 0.717) is 16.0 Å². The lowest BCUT2D eigenvalue weighted by atomic mass is 10.1. The normalized spacial score (nSPS) is 12.0. The number of hydrogen-bond acceptors (Lipinski definition) is 6. The summed E-state index contributed by atoms with van der Waals surface area (Å²) in [7, 11) is 0. The highest BCUT2D eigenvalue weighted by atomic mass is 32.1. The number of nitriles is 1. The standard InChI is InChI=1S/C16H14N4O3S/c1-8-9(2)24-16-12(8)15(22)19-13(20-16)11(6-17)14(21)18-7-10-4-3-5-23-10/h3-5,11H,7H2,1-2H3,(H,18,21)(H,19,20,22). The molecule has 3 heterocycles. The van der Waals surface area contributed by atoms with E-state index in [-0.39, 0.29) is 17.9 Å². The number of fused-ring (bicyclic) bond motifs is 1. The highest BCUT2D eigenvalue weighted by Crippen LogP contribution is 2.26. The smallest absolute Gasteiger partial charge is 0.259 e. The van der Waals surface area contributed by atoms with Crippen LogP contribution in [0.5, 0.6) is 0 Å². The first-order valence-electron chi connectivity index (χ1n) is 7.21. The quantitative estimate of drug-likeness (QED) is 0.754. The molecule has 0 radical (unpaired) electrons. The number of nitrogens with zero attached hydrogens (tertiary/aromatic N) is 2. The number of amides is 1. The number of rotatable bonds is 4. The molecule has 1 amide bonds. The summed E-state index contributed by atoms with van der Waals surface area (Å²) in [5, 5.41) is 12.5. The molecular formula is C16H14N4O3S. The third-order valence-corrected chi connectivity index (χ3v) is 4.84. The monoisotopic (exact) mass is 342 g/mol. The van der Waals surface area contributed by atoms with E-state index in [1.165, 1.54) is 17.6 Å². The molecule has 3 rings (SSSR count). The third-order valence-electron chi connectivity index (χ3n) is 3.74. The van der Waals surface area contributed by atoms with E-state index in [0.717, 1.165) is 10.4 Å². The molecule has 2 N–H and O–H groups in total. The zero-order valence-corrected chi connectivity index (χ0v) is 13.9. The van der Waals surface area contributed by atoms with Gasteiger partial charge in [-0.25, -0.2) is 4.98 Å². The van der Waals surface area contributed by atoms with E-state index in [2.05, 4.69) is 15.3 Å². The highest BCUT2D eigenvalue weighted by Gasteiger charge is 2.24. The molecule has 0 saturated carbocycles. The second-order valence-electron chi connectivity index (χ2n) is 5.27. The SMILES string of the molecule is Cc1sc2nc(C(C#N)C(=O)NCc3ccco3)[nH]c(=O)c2c1C. The molecule has 0 aliphatic heterocycles. The first-order valence-corrected chi connectivity index (χ1v) is 8.02. The first kappa shape index (κ1) is 16.0. The minimum atomic E-state index is -1.19. The third kappa shape index (κ3) is 2.81. The Morgan fingerprint density at radius 1 is 1.54 bits per heavy atom. The van der Waals surface area contributed by atoms with Crippen LogP contribution in [0.4, 0.5) is 0 Å². The lowest BCUT2D eigenvalue weighted by molar-refractivity contribution is -0.121. The van der Waals surface area contributed by atoms with Crippen molar-refractivity contribution in [3.63, 3.8) is 0 Å². The van der Waals surface area contributed by atoms with Gasteiger partial charge in [0.2, 0.25) is 5.91 Å². The second-order valence-corrected chi connectivity index (χ2v) is 6.48. The summed E-state index contributed by atoms with van der Waals surface area (Å²) in [6, 6.07) is 5.31. The largest absolute Gasteiger partial charge is 0.467 e. The van der Waals surface area contributed by atoms with E-state index in [1.54, 1.807) is 12.1 Å². The number of furan rings is 1. The van der Waals surface area contributed by atoms with Crippen LogP contribution in [0.15, 0.2) is 27.6 Å². The summed E-state index contributed by atoms with van der Waals surface area (Å²) in [5.41, 5.74) is 0.530. The number of aromatic amines is 1. The molecule has 1 unspecified atom stereocenters. The maximum absolute atomic E-state index is 12.3. The molecule has 122 valence electrons. The van der Waals surface area contributed by atoms with Crippen molar-refractivity contribution < 1.29 is 9.21 Å². The number of hydrogen-bond donors (Lipinski definition) is 2. The van der Waals surface area contributed by atoms with Gasteiger partial charge in [0.05, 0.1) is 24.3 Å². The summed E-state index contributed by atoms with van der Waals surface area (Å²) >= 11 is 1.37. The Hall–Kier alpha value is -2.92. The van der Waals surface area contributed by atoms with Crippen LogP contribution < -0.4 is 10.9 Å². The van der Waals surface area contributed by atoms with Crippen molar-refractivity contribution in [2.24, 2.45) is 0 Å². The fourth-order valence-corrected chi connectivity index (χ4v) is 3.38. The van der Waals surface area contributed by atoms with Gasteiger partial charge in [-0.15, -0.1) is 11.3 Å². The van der Waals surface area contributed by atoms with Crippen LogP contribution in [-0.2, 0) is 11.3 Å². The zero-order valence-electron chi connectivity index (χ0n) is 13.0. The van der Waals surface area contributed by atoms with Gasteiger partial charge in [0.25, 0.3) is 5.56 Å². The predicted octanol–water partition coefficient (Wildman–Crippen LogP) is 2.12. The van der Waals surface area contributed by atoms with Crippen molar-refractivity contribution in [1.29, 1.82) is 5.26 Å². The van der Waals surface area contributed by atoms with Crippen LogP contribution in [0, 0.1) is 25.2 Å². The van der Waals surface area contributed by atoms with Gasteiger partial charge >= 0.3 is 0 Å². The van der Waals surface area contributed by atoms with E-state index < -0.39 is 11.8 Å². The number of carbonyl (C=O) groups excluding carboxylic acids is 1. The minimum absolute atomic E-state index is 0.0493. The van der Waals surface area contributed by atoms with Crippen molar-refractivity contribution in [1.82, 2.24) is 15.3 Å². The number of H-pyrrole nitrogens is 1. The Kier molecular flexibility index (Phi) is 4.18. The molecule has 0 aliphatic carbocycles. The number of aryl methyl sites for hydroxylation is 2. The van der Waals surface area contributed by atoms with Gasteiger partial charge < -0.3 is 14.7 Å². The average molecular weight is 342 g/mol. The van der Waals surface area contributed by atoms with E-state index in [1.807, 2.05) is 19.9 Å². The molecule has 0 aliphatic rings. The van der Waals surface area contributed by atoms with Crippen molar-refractivity contribution in [2.75, 3.05) is 0 Å². The number of aromatic nitrogens is 2. The molecular weight excluding hydrogens is 328 g/mol. The molecule has 3 aromatic rings. The molecule has 0 bridgehead atoms. The van der Waals surface area contributed by atoms with Crippen molar-refractivity contribution in [3.8, 4) is 6.07 Å². The predicted molar refractivity (Wildman–Crippen MR) is 88.6 cm³/mol. The van der Waals surface area contributed by atoms with Gasteiger partial charge in [0.15, 0.2) is 5.92 Å². The Balaban J connectivity index is 1.90. The maximum atomic E-state index is 12.3. The van der Waals surface area contributed by atoms with Crippen LogP contribution in [0.3, 0.4) is 0 Å². The molecule has 0 spiro atoms. The van der Waals surface area contributed by atoms with E-state index >= 15 is 0 Å².